The van der Waals surface area contributed by atoms with Crippen LogP contribution in [0.4, 0.5) is 10.1 Å². The Labute approximate surface area is 125 Å². The average molecular weight is 306 g/mol. The molecule has 1 aromatic rings. The lowest BCUT2D eigenvalue weighted by atomic mass is 10.2. The van der Waals surface area contributed by atoms with E-state index in [-0.39, 0.29) is 28.6 Å². The van der Waals surface area contributed by atoms with Gasteiger partial charge < -0.3 is 4.74 Å². The lowest BCUT2D eigenvalue weighted by Gasteiger charge is -2.29. The highest BCUT2D eigenvalue weighted by atomic mass is 32.2. The summed E-state index contributed by atoms with van der Waals surface area (Å²) in [5.74, 6) is -1.41. The number of nitriles is 1. The molecule has 1 fully saturated rings. The number of amides is 1. The molecular weight excluding hydrogens is 295 g/mol. The van der Waals surface area contributed by atoms with Crippen molar-refractivity contribution < 1.29 is 18.7 Å². The van der Waals surface area contributed by atoms with Gasteiger partial charge in [-0.3, -0.25) is 9.69 Å². The van der Waals surface area contributed by atoms with Gasteiger partial charge in [0, 0.05) is 12.2 Å². The van der Waals surface area contributed by atoms with Crippen LogP contribution in [0.5, 0.6) is 0 Å². The summed E-state index contributed by atoms with van der Waals surface area (Å²) in [5, 5.41) is 9.25. The standard InChI is InChI=1S/C14H11FN2O3S/c1-20-14(19)9(8-16)13-17(12(18)6-7-21-13)11-5-3-2-4-10(11)15/h2-5H,6-7H2,1H3/b13-9-. The van der Waals surface area contributed by atoms with Gasteiger partial charge in [0.05, 0.1) is 12.8 Å². The number of benzene rings is 1. The van der Waals surface area contributed by atoms with Crippen LogP contribution in [0.15, 0.2) is 34.9 Å². The average Bonchev–Trinajstić information content (AvgIpc) is 2.49. The van der Waals surface area contributed by atoms with Crippen LogP contribution in [0.1, 0.15) is 6.42 Å². The van der Waals surface area contributed by atoms with Crippen molar-refractivity contribution in [3.63, 3.8) is 0 Å². The summed E-state index contributed by atoms with van der Waals surface area (Å²) >= 11 is 1.15. The van der Waals surface area contributed by atoms with Gasteiger partial charge in [0.15, 0.2) is 5.57 Å². The van der Waals surface area contributed by atoms with E-state index in [1.54, 1.807) is 12.1 Å². The molecule has 0 aromatic heterocycles. The molecule has 0 bridgehead atoms. The monoisotopic (exact) mass is 306 g/mol. The molecule has 0 radical (unpaired) electrons. The van der Waals surface area contributed by atoms with Gasteiger partial charge in [-0.1, -0.05) is 12.1 Å². The molecular formula is C14H11FN2O3S. The normalized spacial score (nSPS) is 17.2. The Balaban J connectivity index is 2.61. The minimum Gasteiger partial charge on any atom is -0.465 e. The van der Waals surface area contributed by atoms with Crippen LogP contribution in [-0.2, 0) is 14.3 Å². The van der Waals surface area contributed by atoms with Crippen molar-refractivity contribution in [1.82, 2.24) is 0 Å². The fourth-order valence-corrected chi connectivity index (χ4v) is 2.94. The van der Waals surface area contributed by atoms with E-state index in [1.807, 2.05) is 0 Å². The van der Waals surface area contributed by atoms with Gasteiger partial charge in [0.25, 0.3) is 0 Å². The second-order valence-electron chi connectivity index (χ2n) is 4.06. The first kappa shape index (κ1) is 15.1. The first-order valence-electron chi connectivity index (χ1n) is 6.03. The van der Waals surface area contributed by atoms with Crippen molar-refractivity contribution >= 4 is 29.3 Å². The molecule has 1 aliphatic heterocycles. The van der Waals surface area contributed by atoms with Crippen molar-refractivity contribution in [2.45, 2.75) is 6.42 Å². The molecule has 0 aliphatic carbocycles. The number of ether oxygens (including phenoxy) is 1. The Morgan fingerprint density at radius 3 is 2.81 bits per heavy atom. The number of carbonyl (C=O) groups excluding carboxylic acids is 2. The molecule has 1 heterocycles. The summed E-state index contributed by atoms with van der Waals surface area (Å²) < 4.78 is 18.5. The molecule has 108 valence electrons. The highest BCUT2D eigenvalue weighted by Crippen LogP contribution is 2.36. The van der Waals surface area contributed by atoms with Crippen LogP contribution in [0, 0.1) is 17.1 Å². The molecule has 0 N–H and O–H groups in total. The zero-order valence-corrected chi connectivity index (χ0v) is 11.9. The van der Waals surface area contributed by atoms with E-state index in [9.17, 15) is 14.0 Å². The SMILES string of the molecule is COC(=O)/C(C#N)=C1\SCCC(=O)N1c1ccccc1F. The van der Waals surface area contributed by atoms with Gasteiger partial charge in [-0.15, -0.1) is 11.8 Å². The topological polar surface area (TPSA) is 70.4 Å². The van der Waals surface area contributed by atoms with E-state index in [2.05, 4.69) is 4.74 Å². The summed E-state index contributed by atoms with van der Waals surface area (Å²) in [4.78, 5) is 24.9. The number of para-hydroxylation sites is 1. The van der Waals surface area contributed by atoms with E-state index in [4.69, 9.17) is 5.26 Å². The first-order chi connectivity index (χ1) is 10.1. The third-order valence-electron chi connectivity index (χ3n) is 2.82. The number of methoxy groups -OCH3 is 1. The molecule has 1 aliphatic rings. The minimum atomic E-state index is -0.851. The summed E-state index contributed by atoms with van der Waals surface area (Å²) in [6, 6.07) is 7.44. The van der Waals surface area contributed by atoms with Crippen LogP contribution < -0.4 is 4.90 Å². The Morgan fingerprint density at radius 2 is 2.19 bits per heavy atom. The highest BCUT2D eigenvalue weighted by Gasteiger charge is 2.32. The fraction of sp³-hybridized carbons (Fsp3) is 0.214. The van der Waals surface area contributed by atoms with Crippen molar-refractivity contribution in [1.29, 1.82) is 5.26 Å². The van der Waals surface area contributed by atoms with Crippen molar-refractivity contribution in [3.8, 4) is 6.07 Å². The Hall–Kier alpha value is -2.33. The van der Waals surface area contributed by atoms with Crippen molar-refractivity contribution in [2.75, 3.05) is 17.8 Å². The molecule has 5 nitrogen and oxygen atoms in total. The largest absolute Gasteiger partial charge is 0.465 e. The number of rotatable bonds is 2. The molecule has 0 saturated carbocycles. The predicted octanol–water partition coefficient (Wildman–Crippen LogP) is 2.20. The number of anilines is 1. The lowest BCUT2D eigenvalue weighted by molar-refractivity contribution is -0.135. The van der Waals surface area contributed by atoms with E-state index >= 15 is 0 Å². The quantitative estimate of drug-likeness (QED) is 0.476. The van der Waals surface area contributed by atoms with Gasteiger partial charge in [-0.05, 0) is 12.1 Å². The van der Waals surface area contributed by atoms with E-state index < -0.39 is 11.8 Å². The van der Waals surface area contributed by atoms with Gasteiger partial charge >= 0.3 is 5.97 Å². The minimum absolute atomic E-state index is 0.0151. The predicted molar refractivity (Wildman–Crippen MR) is 75.6 cm³/mol. The van der Waals surface area contributed by atoms with Gasteiger partial charge in [0.1, 0.15) is 16.9 Å². The van der Waals surface area contributed by atoms with E-state index in [1.165, 1.54) is 18.2 Å². The smallest absolute Gasteiger partial charge is 0.351 e. The molecule has 1 amide bonds. The van der Waals surface area contributed by atoms with Gasteiger partial charge in [0.2, 0.25) is 5.91 Å². The Kier molecular flexibility index (Phi) is 4.60. The second-order valence-corrected chi connectivity index (χ2v) is 5.15. The van der Waals surface area contributed by atoms with Crippen LogP contribution >= 0.6 is 11.8 Å². The zero-order chi connectivity index (χ0) is 15.4. The number of thioether (sulfide) groups is 1. The van der Waals surface area contributed by atoms with Gasteiger partial charge in [-0.25, -0.2) is 9.18 Å². The third kappa shape index (κ3) is 2.90. The zero-order valence-electron chi connectivity index (χ0n) is 11.1. The molecule has 0 spiro atoms. The number of halogens is 1. The molecule has 2 rings (SSSR count). The molecule has 21 heavy (non-hydrogen) atoms. The van der Waals surface area contributed by atoms with E-state index in [0.717, 1.165) is 23.8 Å². The summed E-state index contributed by atoms with van der Waals surface area (Å²) in [6.45, 7) is 0. The number of hydrogen-bond donors (Lipinski definition) is 0. The molecule has 0 atom stereocenters. The van der Waals surface area contributed by atoms with Crippen molar-refractivity contribution in [2.24, 2.45) is 0 Å². The molecule has 0 unspecified atom stereocenters. The number of hydrogen-bond acceptors (Lipinski definition) is 5. The Morgan fingerprint density at radius 1 is 1.48 bits per heavy atom. The number of esters is 1. The highest BCUT2D eigenvalue weighted by molar-refractivity contribution is 8.03. The van der Waals surface area contributed by atoms with Crippen LogP contribution in [0.3, 0.4) is 0 Å². The van der Waals surface area contributed by atoms with Crippen molar-refractivity contribution in [3.05, 3.63) is 40.7 Å². The Bertz CT molecular complexity index is 666. The summed E-state index contributed by atoms with van der Waals surface area (Å²) in [7, 11) is 1.14. The summed E-state index contributed by atoms with van der Waals surface area (Å²) in [5.41, 5.74) is -0.292. The summed E-state index contributed by atoms with van der Waals surface area (Å²) in [6.07, 6.45) is 0.197. The fourth-order valence-electron chi connectivity index (χ4n) is 1.87. The first-order valence-corrected chi connectivity index (χ1v) is 7.01. The third-order valence-corrected chi connectivity index (χ3v) is 3.88. The number of nitrogens with zero attached hydrogens (tertiary/aromatic N) is 2. The maximum atomic E-state index is 13.9. The molecule has 7 heteroatoms. The lowest BCUT2D eigenvalue weighted by Crippen LogP contribution is -2.35. The number of carbonyl (C=O) groups is 2. The van der Waals surface area contributed by atoms with Crippen LogP contribution in [0.25, 0.3) is 0 Å². The maximum Gasteiger partial charge on any atom is 0.351 e. The maximum absolute atomic E-state index is 13.9. The second kappa shape index (κ2) is 6.41. The molecule has 1 saturated heterocycles. The van der Waals surface area contributed by atoms with Gasteiger partial charge in [-0.2, -0.15) is 5.26 Å². The van der Waals surface area contributed by atoms with E-state index in [0.29, 0.717) is 5.75 Å². The van der Waals surface area contributed by atoms with Crippen LogP contribution in [0.2, 0.25) is 0 Å². The van der Waals surface area contributed by atoms with Crippen LogP contribution in [-0.4, -0.2) is 24.7 Å². The molecule has 1 aromatic carbocycles.